The lowest BCUT2D eigenvalue weighted by atomic mass is 10.0. The fourth-order valence-corrected chi connectivity index (χ4v) is 2.82. The van der Waals surface area contributed by atoms with Crippen molar-refractivity contribution < 1.29 is 9.47 Å². The molecule has 1 saturated heterocycles. The molecule has 3 rings (SSSR count). The van der Waals surface area contributed by atoms with Gasteiger partial charge in [-0.1, -0.05) is 0 Å². The van der Waals surface area contributed by atoms with E-state index in [9.17, 15) is 0 Å². The van der Waals surface area contributed by atoms with Crippen LogP contribution in [0.1, 0.15) is 31.2 Å². The van der Waals surface area contributed by atoms with Crippen molar-refractivity contribution >= 4 is 5.69 Å². The maximum absolute atomic E-state index is 5.97. The Kier molecular flexibility index (Phi) is 4.66. The lowest BCUT2D eigenvalue weighted by molar-refractivity contribution is 0.00996. The number of rotatable bonds is 6. The Hall–Kier alpha value is -1.26. The third kappa shape index (κ3) is 4.11. The molecule has 0 atom stereocenters. The molecule has 1 aromatic carbocycles. The predicted octanol–water partition coefficient (Wildman–Crippen LogP) is 2.69. The second-order valence-corrected chi connectivity index (χ2v) is 6.35. The molecule has 1 heterocycles. The highest BCUT2D eigenvalue weighted by atomic mass is 16.7. The Labute approximate surface area is 127 Å². The summed E-state index contributed by atoms with van der Waals surface area (Å²) in [5, 5.41) is 0. The van der Waals surface area contributed by atoms with E-state index >= 15 is 0 Å². The van der Waals surface area contributed by atoms with Gasteiger partial charge in [-0.3, -0.25) is 0 Å². The Morgan fingerprint density at radius 2 is 1.95 bits per heavy atom. The van der Waals surface area contributed by atoms with E-state index in [0.29, 0.717) is 12.8 Å². The number of nitrogens with two attached hydrogens (primary N) is 1. The minimum Gasteiger partial charge on any atom is -0.468 e. The lowest BCUT2D eigenvalue weighted by Crippen LogP contribution is -2.39. The standard InChI is InChI=1S/C17H26N2O2/c1-13-10-16(21-12-20-11-14-2-3-14)4-5-17(13)19-8-6-15(18)7-9-19/h4-5,10,14-15H,2-3,6-9,11-12,18H2,1H3. The van der Waals surface area contributed by atoms with Gasteiger partial charge in [0.15, 0.2) is 6.79 Å². The van der Waals surface area contributed by atoms with E-state index in [-0.39, 0.29) is 0 Å². The van der Waals surface area contributed by atoms with E-state index in [2.05, 4.69) is 24.0 Å². The van der Waals surface area contributed by atoms with Crippen molar-refractivity contribution in [3.8, 4) is 5.75 Å². The normalized spacial score (nSPS) is 19.8. The van der Waals surface area contributed by atoms with Crippen LogP contribution in [0.15, 0.2) is 18.2 Å². The first-order valence-electron chi connectivity index (χ1n) is 8.04. The van der Waals surface area contributed by atoms with Crippen LogP contribution in [0.2, 0.25) is 0 Å². The van der Waals surface area contributed by atoms with Crippen LogP contribution in [-0.2, 0) is 4.74 Å². The van der Waals surface area contributed by atoms with Crippen molar-refractivity contribution in [1.29, 1.82) is 0 Å². The molecule has 0 bridgehead atoms. The first kappa shape index (κ1) is 14.7. The maximum Gasteiger partial charge on any atom is 0.189 e. The predicted molar refractivity (Wildman–Crippen MR) is 84.8 cm³/mol. The summed E-state index contributed by atoms with van der Waals surface area (Å²) in [6.45, 7) is 5.43. The van der Waals surface area contributed by atoms with Gasteiger partial charge in [0.1, 0.15) is 5.75 Å². The summed E-state index contributed by atoms with van der Waals surface area (Å²) in [5.74, 6) is 1.67. The zero-order valence-electron chi connectivity index (χ0n) is 12.9. The van der Waals surface area contributed by atoms with Crippen LogP contribution in [0.5, 0.6) is 5.75 Å². The molecule has 116 valence electrons. The molecule has 2 aliphatic rings. The summed E-state index contributed by atoms with van der Waals surface area (Å²) in [4.78, 5) is 2.42. The highest BCUT2D eigenvalue weighted by molar-refractivity contribution is 5.56. The van der Waals surface area contributed by atoms with Gasteiger partial charge in [-0.25, -0.2) is 0 Å². The summed E-state index contributed by atoms with van der Waals surface area (Å²) < 4.78 is 11.2. The molecule has 0 spiro atoms. The molecule has 0 aromatic heterocycles. The Balaban J connectivity index is 1.51. The van der Waals surface area contributed by atoms with Gasteiger partial charge < -0.3 is 20.1 Å². The van der Waals surface area contributed by atoms with Crippen LogP contribution < -0.4 is 15.4 Å². The van der Waals surface area contributed by atoms with Gasteiger partial charge in [-0.05, 0) is 62.3 Å². The van der Waals surface area contributed by atoms with Crippen LogP contribution in [0, 0.1) is 12.8 Å². The molecule has 0 unspecified atom stereocenters. The lowest BCUT2D eigenvalue weighted by Gasteiger charge is -2.33. The molecule has 2 fully saturated rings. The number of ether oxygens (including phenoxy) is 2. The van der Waals surface area contributed by atoms with Crippen molar-refractivity contribution in [3.05, 3.63) is 23.8 Å². The monoisotopic (exact) mass is 290 g/mol. The highest BCUT2D eigenvalue weighted by Gasteiger charge is 2.21. The number of nitrogens with zero attached hydrogens (tertiary/aromatic N) is 1. The van der Waals surface area contributed by atoms with Crippen LogP contribution in [0.4, 0.5) is 5.69 Å². The van der Waals surface area contributed by atoms with Crippen LogP contribution in [-0.4, -0.2) is 32.5 Å². The second kappa shape index (κ2) is 6.67. The zero-order valence-corrected chi connectivity index (χ0v) is 12.9. The number of benzene rings is 1. The largest absolute Gasteiger partial charge is 0.468 e. The van der Waals surface area contributed by atoms with Crippen molar-refractivity contribution in [2.45, 2.75) is 38.6 Å². The third-order valence-corrected chi connectivity index (χ3v) is 4.41. The van der Waals surface area contributed by atoms with Crippen molar-refractivity contribution in [3.63, 3.8) is 0 Å². The number of aryl methyl sites for hydroxylation is 1. The third-order valence-electron chi connectivity index (χ3n) is 4.41. The zero-order chi connectivity index (χ0) is 14.7. The topological polar surface area (TPSA) is 47.7 Å². The summed E-state index contributed by atoms with van der Waals surface area (Å²) in [6, 6.07) is 6.66. The SMILES string of the molecule is Cc1cc(OCOCC2CC2)ccc1N1CCC(N)CC1. The average molecular weight is 290 g/mol. The molecule has 4 heteroatoms. The smallest absolute Gasteiger partial charge is 0.189 e. The van der Waals surface area contributed by atoms with Gasteiger partial charge in [0.05, 0.1) is 6.61 Å². The van der Waals surface area contributed by atoms with E-state index < -0.39 is 0 Å². The Morgan fingerprint density at radius 3 is 2.62 bits per heavy atom. The number of hydrogen-bond acceptors (Lipinski definition) is 4. The maximum atomic E-state index is 5.97. The molecule has 1 aliphatic heterocycles. The number of hydrogen-bond donors (Lipinski definition) is 1. The van der Waals surface area contributed by atoms with Gasteiger partial charge in [-0.2, -0.15) is 0 Å². The molecule has 1 aliphatic carbocycles. The average Bonchev–Trinajstić information content (AvgIpc) is 3.29. The van der Waals surface area contributed by atoms with Crippen molar-refractivity contribution in [1.82, 2.24) is 0 Å². The first-order chi connectivity index (χ1) is 10.2. The molecule has 1 saturated carbocycles. The summed E-state index contributed by atoms with van der Waals surface area (Å²) >= 11 is 0. The number of piperidine rings is 1. The van der Waals surface area contributed by atoms with Gasteiger partial charge >= 0.3 is 0 Å². The molecular weight excluding hydrogens is 264 g/mol. The van der Waals surface area contributed by atoms with E-state index in [0.717, 1.165) is 44.2 Å². The molecule has 21 heavy (non-hydrogen) atoms. The second-order valence-electron chi connectivity index (χ2n) is 6.35. The van der Waals surface area contributed by atoms with Gasteiger partial charge in [-0.15, -0.1) is 0 Å². The first-order valence-corrected chi connectivity index (χ1v) is 8.04. The van der Waals surface area contributed by atoms with E-state index in [1.165, 1.54) is 24.1 Å². The van der Waals surface area contributed by atoms with Gasteiger partial charge in [0.25, 0.3) is 0 Å². The fourth-order valence-electron chi connectivity index (χ4n) is 2.82. The van der Waals surface area contributed by atoms with Gasteiger partial charge in [0.2, 0.25) is 0 Å². The van der Waals surface area contributed by atoms with Crippen LogP contribution in [0.3, 0.4) is 0 Å². The fraction of sp³-hybridized carbons (Fsp3) is 0.647. The van der Waals surface area contributed by atoms with E-state index in [1.807, 2.05) is 6.07 Å². The summed E-state index contributed by atoms with van der Waals surface area (Å²) in [7, 11) is 0. The minimum atomic E-state index is 0.355. The summed E-state index contributed by atoms with van der Waals surface area (Å²) in [5.41, 5.74) is 8.52. The molecule has 4 nitrogen and oxygen atoms in total. The molecule has 1 aromatic rings. The molecule has 0 amide bonds. The van der Waals surface area contributed by atoms with Crippen molar-refractivity contribution in [2.75, 3.05) is 31.4 Å². The van der Waals surface area contributed by atoms with Gasteiger partial charge in [0, 0.05) is 24.8 Å². The summed E-state index contributed by atoms with van der Waals surface area (Å²) in [6.07, 6.45) is 4.78. The van der Waals surface area contributed by atoms with Crippen LogP contribution in [0.25, 0.3) is 0 Å². The highest BCUT2D eigenvalue weighted by Crippen LogP contribution is 2.29. The van der Waals surface area contributed by atoms with Crippen molar-refractivity contribution in [2.24, 2.45) is 11.7 Å². The minimum absolute atomic E-state index is 0.355. The van der Waals surface area contributed by atoms with E-state index in [1.54, 1.807) is 0 Å². The number of anilines is 1. The van der Waals surface area contributed by atoms with Crippen LogP contribution >= 0.6 is 0 Å². The Morgan fingerprint density at radius 1 is 1.19 bits per heavy atom. The molecule has 0 radical (unpaired) electrons. The molecule has 2 N–H and O–H groups in total. The quantitative estimate of drug-likeness (QED) is 0.646. The van der Waals surface area contributed by atoms with E-state index in [4.69, 9.17) is 15.2 Å². The Bertz CT molecular complexity index is 466. The molecular formula is C17H26N2O2.